The summed E-state index contributed by atoms with van der Waals surface area (Å²) in [4.78, 5) is 11.0. The van der Waals surface area contributed by atoms with E-state index in [9.17, 15) is 4.79 Å². The fourth-order valence-electron chi connectivity index (χ4n) is 1.81. The van der Waals surface area contributed by atoms with Gasteiger partial charge in [-0.3, -0.25) is 4.79 Å². The smallest absolute Gasteiger partial charge is 0.152 e. The molecule has 0 N–H and O–H groups in total. The Morgan fingerprint density at radius 3 is 2.73 bits per heavy atom. The number of rotatable bonds is 2. The van der Waals surface area contributed by atoms with E-state index in [1.165, 1.54) is 0 Å². The molecule has 2 nitrogen and oxygen atoms in total. The molecule has 0 saturated heterocycles. The lowest BCUT2D eigenvalue weighted by Crippen LogP contribution is -1.97. The Labute approximate surface area is 97.0 Å². The van der Waals surface area contributed by atoms with Crippen LogP contribution in [0.3, 0.4) is 0 Å². The van der Waals surface area contributed by atoms with E-state index in [2.05, 4.69) is 34.3 Å². The summed E-state index contributed by atoms with van der Waals surface area (Å²) in [6, 6.07) is 6.34. The highest BCUT2D eigenvalue weighted by Gasteiger charge is 2.11. The third-order valence-electron chi connectivity index (χ3n) is 2.52. The van der Waals surface area contributed by atoms with Gasteiger partial charge in [-0.25, -0.2) is 0 Å². The summed E-state index contributed by atoms with van der Waals surface area (Å²) >= 11 is 3.48. The standard InChI is InChI=1S/C12H12BrNO/c1-8(2)14-6-9(7-15)12-10(13)4-3-5-11(12)14/h3-8H,1-2H3. The summed E-state index contributed by atoms with van der Waals surface area (Å²) in [5.74, 6) is 0. The van der Waals surface area contributed by atoms with Gasteiger partial charge in [0, 0.05) is 27.7 Å². The lowest BCUT2D eigenvalue weighted by atomic mass is 10.2. The molecule has 1 aromatic carbocycles. The molecule has 78 valence electrons. The quantitative estimate of drug-likeness (QED) is 0.758. The van der Waals surface area contributed by atoms with Crippen LogP contribution in [0, 0.1) is 0 Å². The van der Waals surface area contributed by atoms with Crippen LogP contribution in [0.25, 0.3) is 10.9 Å². The van der Waals surface area contributed by atoms with Crippen molar-refractivity contribution in [2.75, 3.05) is 0 Å². The first-order chi connectivity index (χ1) is 7.15. The Bertz CT molecular complexity index is 514. The van der Waals surface area contributed by atoms with E-state index in [1.807, 2.05) is 24.4 Å². The summed E-state index contributed by atoms with van der Waals surface area (Å²) in [6.45, 7) is 4.21. The molecule has 0 spiro atoms. The van der Waals surface area contributed by atoms with Crippen LogP contribution >= 0.6 is 15.9 Å². The van der Waals surface area contributed by atoms with Gasteiger partial charge < -0.3 is 4.57 Å². The van der Waals surface area contributed by atoms with E-state index in [1.54, 1.807) is 0 Å². The number of nitrogens with zero attached hydrogens (tertiary/aromatic N) is 1. The van der Waals surface area contributed by atoms with Gasteiger partial charge in [-0.1, -0.05) is 22.0 Å². The van der Waals surface area contributed by atoms with Crippen LogP contribution in [-0.4, -0.2) is 10.9 Å². The van der Waals surface area contributed by atoms with Gasteiger partial charge in [0.25, 0.3) is 0 Å². The number of aldehydes is 1. The summed E-state index contributed by atoms with van der Waals surface area (Å²) in [5, 5.41) is 1.00. The highest BCUT2D eigenvalue weighted by atomic mass is 79.9. The molecule has 0 amide bonds. The molecule has 0 saturated carbocycles. The fraction of sp³-hybridized carbons (Fsp3) is 0.250. The number of aromatic nitrogens is 1. The van der Waals surface area contributed by atoms with E-state index in [0.717, 1.165) is 27.2 Å². The third-order valence-corrected chi connectivity index (χ3v) is 3.18. The second kappa shape index (κ2) is 3.81. The van der Waals surface area contributed by atoms with Gasteiger partial charge in [0.2, 0.25) is 0 Å². The molecule has 0 atom stereocenters. The van der Waals surface area contributed by atoms with Crippen molar-refractivity contribution >= 4 is 33.1 Å². The predicted molar refractivity (Wildman–Crippen MR) is 65.4 cm³/mol. The number of halogens is 1. The molecule has 0 bridgehead atoms. The number of benzene rings is 1. The summed E-state index contributed by atoms with van der Waals surface area (Å²) < 4.78 is 3.09. The normalized spacial score (nSPS) is 11.2. The van der Waals surface area contributed by atoms with Crippen molar-refractivity contribution in [3.8, 4) is 0 Å². The first kappa shape index (κ1) is 10.4. The minimum absolute atomic E-state index is 0.357. The lowest BCUT2D eigenvalue weighted by molar-refractivity contribution is 0.112. The van der Waals surface area contributed by atoms with E-state index in [4.69, 9.17) is 0 Å². The van der Waals surface area contributed by atoms with Crippen LogP contribution in [0.1, 0.15) is 30.2 Å². The second-order valence-electron chi connectivity index (χ2n) is 3.84. The van der Waals surface area contributed by atoms with Crippen LogP contribution in [0.5, 0.6) is 0 Å². The Morgan fingerprint density at radius 2 is 2.13 bits per heavy atom. The first-order valence-electron chi connectivity index (χ1n) is 4.89. The molecule has 0 aliphatic rings. The minimum atomic E-state index is 0.357. The van der Waals surface area contributed by atoms with Crippen LogP contribution in [0.4, 0.5) is 0 Å². The SMILES string of the molecule is CC(C)n1cc(C=O)c2c(Br)cccc21. The van der Waals surface area contributed by atoms with Gasteiger partial charge in [0.15, 0.2) is 6.29 Å². The van der Waals surface area contributed by atoms with E-state index in [0.29, 0.717) is 6.04 Å². The van der Waals surface area contributed by atoms with Crippen molar-refractivity contribution in [2.24, 2.45) is 0 Å². The maximum Gasteiger partial charge on any atom is 0.152 e. The molecule has 0 unspecified atom stereocenters. The summed E-state index contributed by atoms with van der Waals surface area (Å²) in [5.41, 5.74) is 1.84. The number of hydrogen-bond donors (Lipinski definition) is 0. The fourth-order valence-corrected chi connectivity index (χ4v) is 2.40. The Balaban J connectivity index is 2.87. The zero-order valence-electron chi connectivity index (χ0n) is 8.70. The van der Waals surface area contributed by atoms with Gasteiger partial charge in [-0.05, 0) is 26.0 Å². The third kappa shape index (κ3) is 1.61. The number of fused-ring (bicyclic) bond motifs is 1. The van der Waals surface area contributed by atoms with Gasteiger partial charge in [-0.15, -0.1) is 0 Å². The Kier molecular flexibility index (Phi) is 2.65. The Morgan fingerprint density at radius 1 is 1.40 bits per heavy atom. The molecule has 0 aliphatic heterocycles. The van der Waals surface area contributed by atoms with Crippen LogP contribution < -0.4 is 0 Å². The van der Waals surface area contributed by atoms with E-state index >= 15 is 0 Å². The van der Waals surface area contributed by atoms with E-state index < -0.39 is 0 Å². The molecule has 2 rings (SSSR count). The number of carbonyl (C=O) groups excluding carboxylic acids is 1. The average molecular weight is 266 g/mol. The van der Waals surface area contributed by atoms with Crippen molar-refractivity contribution in [3.05, 3.63) is 34.4 Å². The molecule has 0 aliphatic carbocycles. The monoisotopic (exact) mass is 265 g/mol. The van der Waals surface area contributed by atoms with Crippen molar-refractivity contribution < 1.29 is 4.79 Å². The maximum absolute atomic E-state index is 11.0. The van der Waals surface area contributed by atoms with Gasteiger partial charge in [0.1, 0.15) is 0 Å². The number of carbonyl (C=O) groups is 1. The minimum Gasteiger partial charge on any atom is -0.344 e. The van der Waals surface area contributed by atoms with Crippen molar-refractivity contribution in [2.45, 2.75) is 19.9 Å². The van der Waals surface area contributed by atoms with Crippen LogP contribution in [-0.2, 0) is 0 Å². The van der Waals surface area contributed by atoms with Crippen LogP contribution in [0.15, 0.2) is 28.9 Å². The molecular formula is C12H12BrNO. The lowest BCUT2D eigenvalue weighted by Gasteiger charge is -2.08. The van der Waals surface area contributed by atoms with Crippen LogP contribution in [0.2, 0.25) is 0 Å². The Hall–Kier alpha value is -1.09. The second-order valence-corrected chi connectivity index (χ2v) is 4.69. The molecule has 0 fully saturated rings. The molecular weight excluding hydrogens is 254 g/mol. The number of hydrogen-bond acceptors (Lipinski definition) is 1. The predicted octanol–water partition coefficient (Wildman–Crippen LogP) is 3.80. The molecule has 1 aromatic heterocycles. The molecule has 3 heteroatoms. The van der Waals surface area contributed by atoms with Gasteiger partial charge >= 0.3 is 0 Å². The first-order valence-corrected chi connectivity index (χ1v) is 5.68. The zero-order chi connectivity index (χ0) is 11.0. The van der Waals surface area contributed by atoms with Crippen molar-refractivity contribution in [1.29, 1.82) is 0 Å². The molecule has 1 heterocycles. The molecule has 2 aromatic rings. The summed E-state index contributed by atoms with van der Waals surface area (Å²) in [6.07, 6.45) is 2.82. The van der Waals surface area contributed by atoms with Gasteiger partial charge in [-0.2, -0.15) is 0 Å². The van der Waals surface area contributed by atoms with Gasteiger partial charge in [0.05, 0.1) is 5.52 Å². The average Bonchev–Trinajstić information content (AvgIpc) is 2.58. The molecule has 0 radical (unpaired) electrons. The van der Waals surface area contributed by atoms with E-state index in [-0.39, 0.29) is 0 Å². The molecule has 15 heavy (non-hydrogen) atoms. The topological polar surface area (TPSA) is 22.0 Å². The largest absolute Gasteiger partial charge is 0.344 e. The highest BCUT2D eigenvalue weighted by molar-refractivity contribution is 9.10. The van der Waals surface area contributed by atoms with Crippen molar-refractivity contribution in [3.63, 3.8) is 0 Å². The van der Waals surface area contributed by atoms with Crippen molar-refractivity contribution in [1.82, 2.24) is 4.57 Å². The summed E-state index contributed by atoms with van der Waals surface area (Å²) in [7, 11) is 0. The zero-order valence-corrected chi connectivity index (χ0v) is 10.3. The maximum atomic E-state index is 11.0. The highest BCUT2D eigenvalue weighted by Crippen LogP contribution is 2.29.